The Bertz CT molecular complexity index is 464. The van der Waals surface area contributed by atoms with Crippen molar-refractivity contribution in [3.05, 3.63) is 33.6 Å². The van der Waals surface area contributed by atoms with Gasteiger partial charge in [0.15, 0.2) is 0 Å². The van der Waals surface area contributed by atoms with Crippen LogP contribution in [0.15, 0.2) is 12.1 Å². The fraction of sp³-hybridized carbons (Fsp3) is 0.571. The van der Waals surface area contributed by atoms with E-state index >= 15 is 0 Å². The molecule has 6 heteroatoms. The number of nitro groups is 1. The number of benzene rings is 1. The van der Waals surface area contributed by atoms with Crippen LogP contribution in [0.4, 0.5) is 15.8 Å². The number of hydrogen-bond acceptors (Lipinski definition) is 4. The Morgan fingerprint density at radius 3 is 2.75 bits per heavy atom. The van der Waals surface area contributed by atoms with Crippen molar-refractivity contribution in [2.24, 2.45) is 5.92 Å². The standard InChI is InChI=1S/C14H21FN2O3/c1-10(2)9-20-6-4-5-16-13-7-11(3)12(15)8-14(13)17(18)19/h7-8,10,16H,4-6,9H2,1-3H3. The number of halogens is 1. The van der Waals surface area contributed by atoms with E-state index in [9.17, 15) is 14.5 Å². The fourth-order valence-electron chi connectivity index (χ4n) is 1.68. The molecule has 0 aliphatic heterocycles. The lowest BCUT2D eigenvalue weighted by Crippen LogP contribution is -2.10. The van der Waals surface area contributed by atoms with E-state index in [0.717, 1.165) is 12.5 Å². The first kappa shape index (κ1) is 16.4. The van der Waals surface area contributed by atoms with Crippen molar-refractivity contribution in [2.75, 3.05) is 25.1 Å². The highest BCUT2D eigenvalue weighted by atomic mass is 19.1. The molecule has 1 aromatic rings. The summed E-state index contributed by atoms with van der Waals surface area (Å²) in [5.41, 5.74) is 0.489. The first-order chi connectivity index (χ1) is 9.41. The smallest absolute Gasteiger partial charge is 0.295 e. The molecular weight excluding hydrogens is 263 g/mol. The highest BCUT2D eigenvalue weighted by molar-refractivity contribution is 5.63. The number of nitro benzene ring substituents is 1. The van der Waals surface area contributed by atoms with Gasteiger partial charge in [-0.2, -0.15) is 0 Å². The van der Waals surface area contributed by atoms with Gasteiger partial charge in [-0.3, -0.25) is 10.1 Å². The van der Waals surface area contributed by atoms with Gasteiger partial charge in [0.1, 0.15) is 11.5 Å². The van der Waals surface area contributed by atoms with Crippen LogP contribution in [-0.2, 0) is 4.74 Å². The Morgan fingerprint density at radius 2 is 2.15 bits per heavy atom. The molecular formula is C14H21FN2O3. The lowest BCUT2D eigenvalue weighted by molar-refractivity contribution is -0.384. The topological polar surface area (TPSA) is 64.4 Å². The minimum Gasteiger partial charge on any atom is -0.381 e. The summed E-state index contributed by atoms with van der Waals surface area (Å²) in [6.45, 7) is 7.57. The molecule has 1 rings (SSSR count). The third-order valence-electron chi connectivity index (χ3n) is 2.71. The molecule has 0 radical (unpaired) electrons. The molecule has 0 fully saturated rings. The molecule has 0 saturated carbocycles. The summed E-state index contributed by atoms with van der Waals surface area (Å²) < 4.78 is 18.8. The predicted octanol–water partition coefficient (Wildman–Crippen LogP) is 3.52. The van der Waals surface area contributed by atoms with Crippen LogP contribution in [-0.4, -0.2) is 24.7 Å². The number of ether oxygens (including phenoxy) is 1. The molecule has 0 saturated heterocycles. The molecule has 1 N–H and O–H groups in total. The summed E-state index contributed by atoms with van der Waals surface area (Å²) in [6, 6.07) is 2.41. The van der Waals surface area contributed by atoms with Crippen molar-refractivity contribution >= 4 is 11.4 Å². The second-order valence-corrected chi connectivity index (χ2v) is 5.12. The third-order valence-corrected chi connectivity index (χ3v) is 2.71. The van der Waals surface area contributed by atoms with E-state index in [1.165, 1.54) is 6.07 Å². The monoisotopic (exact) mass is 284 g/mol. The number of nitrogens with one attached hydrogen (secondary N) is 1. The summed E-state index contributed by atoms with van der Waals surface area (Å²) in [5.74, 6) is -0.0775. The highest BCUT2D eigenvalue weighted by Gasteiger charge is 2.16. The number of nitrogens with zero attached hydrogens (tertiary/aromatic N) is 1. The fourth-order valence-corrected chi connectivity index (χ4v) is 1.68. The second kappa shape index (κ2) is 7.79. The average Bonchev–Trinajstić information content (AvgIpc) is 2.36. The summed E-state index contributed by atoms with van der Waals surface area (Å²) >= 11 is 0. The Kier molecular flexibility index (Phi) is 6.38. The van der Waals surface area contributed by atoms with E-state index in [1.54, 1.807) is 6.92 Å². The van der Waals surface area contributed by atoms with Crippen molar-refractivity contribution in [1.82, 2.24) is 0 Å². The summed E-state index contributed by atoms with van der Waals surface area (Å²) in [7, 11) is 0. The number of rotatable bonds is 8. The Morgan fingerprint density at radius 1 is 1.45 bits per heavy atom. The first-order valence-electron chi connectivity index (χ1n) is 6.68. The molecule has 0 unspecified atom stereocenters. The van der Waals surface area contributed by atoms with E-state index in [1.807, 2.05) is 0 Å². The predicted molar refractivity (Wildman–Crippen MR) is 76.6 cm³/mol. The van der Waals surface area contributed by atoms with Crippen LogP contribution in [0.3, 0.4) is 0 Å². The lowest BCUT2D eigenvalue weighted by Gasteiger charge is -2.10. The molecule has 0 aliphatic rings. The molecule has 0 amide bonds. The van der Waals surface area contributed by atoms with E-state index < -0.39 is 10.7 Å². The minimum atomic E-state index is -0.583. The quantitative estimate of drug-likeness (QED) is 0.450. The van der Waals surface area contributed by atoms with Gasteiger partial charge in [-0.05, 0) is 30.9 Å². The maximum absolute atomic E-state index is 13.3. The van der Waals surface area contributed by atoms with Crippen molar-refractivity contribution in [1.29, 1.82) is 0 Å². The van der Waals surface area contributed by atoms with E-state index in [-0.39, 0.29) is 5.69 Å². The molecule has 0 atom stereocenters. The molecule has 1 aromatic carbocycles. The van der Waals surface area contributed by atoms with Crippen LogP contribution in [0, 0.1) is 28.8 Å². The van der Waals surface area contributed by atoms with Gasteiger partial charge >= 0.3 is 0 Å². The Labute approximate surface area is 118 Å². The number of aryl methyl sites for hydroxylation is 1. The van der Waals surface area contributed by atoms with Gasteiger partial charge in [0.05, 0.1) is 11.0 Å². The van der Waals surface area contributed by atoms with Crippen molar-refractivity contribution in [3.63, 3.8) is 0 Å². The van der Waals surface area contributed by atoms with E-state index in [2.05, 4.69) is 19.2 Å². The van der Waals surface area contributed by atoms with Crippen LogP contribution in [0.25, 0.3) is 0 Å². The SMILES string of the molecule is Cc1cc(NCCCOCC(C)C)c([N+](=O)[O-])cc1F. The summed E-state index contributed by atoms with van der Waals surface area (Å²) in [4.78, 5) is 10.3. The number of anilines is 1. The van der Waals surface area contributed by atoms with Gasteiger partial charge in [0, 0.05) is 19.8 Å². The van der Waals surface area contributed by atoms with E-state index in [0.29, 0.717) is 36.9 Å². The zero-order valence-corrected chi connectivity index (χ0v) is 12.1. The molecule has 0 heterocycles. The molecule has 0 aliphatic carbocycles. The van der Waals surface area contributed by atoms with Gasteiger partial charge in [-0.1, -0.05) is 13.8 Å². The zero-order chi connectivity index (χ0) is 15.1. The third kappa shape index (κ3) is 5.13. The first-order valence-corrected chi connectivity index (χ1v) is 6.68. The zero-order valence-electron chi connectivity index (χ0n) is 12.1. The molecule has 0 aromatic heterocycles. The Hall–Kier alpha value is -1.69. The highest BCUT2D eigenvalue weighted by Crippen LogP contribution is 2.27. The maximum atomic E-state index is 13.3. The van der Waals surface area contributed by atoms with Crippen LogP contribution in [0.2, 0.25) is 0 Å². The van der Waals surface area contributed by atoms with Crippen molar-refractivity contribution in [3.8, 4) is 0 Å². The van der Waals surface area contributed by atoms with Gasteiger partial charge in [-0.15, -0.1) is 0 Å². The van der Waals surface area contributed by atoms with Crippen LogP contribution < -0.4 is 5.32 Å². The molecule has 112 valence electrons. The lowest BCUT2D eigenvalue weighted by atomic mass is 10.1. The van der Waals surface area contributed by atoms with Crippen molar-refractivity contribution in [2.45, 2.75) is 27.2 Å². The summed E-state index contributed by atoms with van der Waals surface area (Å²) in [6.07, 6.45) is 0.736. The van der Waals surface area contributed by atoms with Crippen LogP contribution in [0.5, 0.6) is 0 Å². The van der Waals surface area contributed by atoms with Gasteiger partial charge in [-0.25, -0.2) is 4.39 Å². The van der Waals surface area contributed by atoms with Gasteiger partial charge in [0.2, 0.25) is 0 Å². The second-order valence-electron chi connectivity index (χ2n) is 5.12. The molecule has 5 nitrogen and oxygen atoms in total. The van der Waals surface area contributed by atoms with Gasteiger partial charge < -0.3 is 10.1 Å². The van der Waals surface area contributed by atoms with Crippen LogP contribution in [0.1, 0.15) is 25.8 Å². The molecule has 0 spiro atoms. The average molecular weight is 284 g/mol. The minimum absolute atomic E-state index is 0.240. The summed E-state index contributed by atoms with van der Waals surface area (Å²) in [5, 5.41) is 13.8. The van der Waals surface area contributed by atoms with Crippen molar-refractivity contribution < 1.29 is 14.1 Å². The molecule has 20 heavy (non-hydrogen) atoms. The van der Waals surface area contributed by atoms with Gasteiger partial charge in [0.25, 0.3) is 5.69 Å². The molecule has 0 bridgehead atoms. The Balaban J connectivity index is 2.51. The largest absolute Gasteiger partial charge is 0.381 e. The van der Waals surface area contributed by atoms with E-state index in [4.69, 9.17) is 4.74 Å². The van der Waals surface area contributed by atoms with Crippen LogP contribution >= 0.6 is 0 Å². The maximum Gasteiger partial charge on any atom is 0.295 e. The normalized spacial score (nSPS) is 10.8. The number of hydrogen-bond donors (Lipinski definition) is 1.